The van der Waals surface area contributed by atoms with Gasteiger partial charge in [-0.25, -0.2) is 4.98 Å². The molecule has 11 heteroatoms. The number of carbonyl (C=O) groups excluding carboxylic acids is 2. The summed E-state index contributed by atoms with van der Waals surface area (Å²) in [7, 11) is 1.84. The Kier molecular flexibility index (Phi) is 8.54. The number of allylic oxidation sites excluding steroid dienone is 2. The lowest BCUT2D eigenvalue weighted by molar-refractivity contribution is -0.130. The maximum atomic E-state index is 13.3. The Morgan fingerprint density at radius 2 is 1.95 bits per heavy atom. The van der Waals surface area contributed by atoms with Crippen LogP contribution in [0.4, 0.5) is 13.2 Å². The molecule has 2 aromatic rings. The summed E-state index contributed by atoms with van der Waals surface area (Å²) < 4.78 is 37.7. The van der Waals surface area contributed by atoms with Gasteiger partial charge in [-0.05, 0) is 56.2 Å². The number of nitrogens with zero attached hydrogens (tertiary/aromatic N) is 4. The number of halogens is 3. The summed E-state index contributed by atoms with van der Waals surface area (Å²) in [6.45, 7) is 2.15. The van der Waals surface area contributed by atoms with Crippen LogP contribution in [0.15, 0.2) is 46.4 Å². The molecule has 204 valence electrons. The molecular formula is C27H32F3N5O2S. The highest BCUT2D eigenvalue weighted by atomic mass is 32.1. The van der Waals surface area contributed by atoms with E-state index in [0.717, 1.165) is 30.3 Å². The van der Waals surface area contributed by atoms with Crippen molar-refractivity contribution in [1.29, 1.82) is 0 Å². The van der Waals surface area contributed by atoms with Crippen molar-refractivity contribution >= 4 is 28.9 Å². The molecule has 1 atom stereocenters. The molecule has 1 fully saturated rings. The van der Waals surface area contributed by atoms with Crippen LogP contribution in [0.5, 0.6) is 0 Å². The molecule has 2 aliphatic rings. The van der Waals surface area contributed by atoms with Crippen molar-refractivity contribution in [2.24, 2.45) is 10.7 Å². The van der Waals surface area contributed by atoms with Gasteiger partial charge in [0.25, 0.3) is 5.91 Å². The maximum absolute atomic E-state index is 13.3. The van der Waals surface area contributed by atoms with Crippen molar-refractivity contribution < 1.29 is 22.8 Å². The zero-order valence-corrected chi connectivity index (χ0v) is 22.3. The third-order valence-electron chi connectivity index (χ3n) is 7.22. The van der Waals surface area contributed by atoms with Crippen molar-refractivity contribution in [3.8, 4) is 0 Å². The van der Waals surface area contributed by atoms with Crippen LogP contribution in [0, 0.1) is 0 Å². The van der Waals surface area contributed by atoms with Crippen LogP contribution in [0.25, 0.3) is 0 Å². The fourth-order valence-electron chi connectivity index (χ4n) is 5.05. The van der Waals surface area contributed by atoms with E-state index in [4.69, 9.17) is 5.73 Å². The molecule has 1 aromatic carbocycles. The number of nitrogens with two attached hydrogens (primary N) is 1. The number of amides is 2. The number of aliphatic imine (C=N–C) groups is 1. The molecule has 38 heavy (non-hydrogen) atoms. The molecule has 0 saturated carbocycles. The number of fused-ring (bicyclic) bond motifs is 1. The summed E-state index contributed by atoms with van der Waals surface area (Å²) in [5.41, 5.74) is 6.75. The van der Waals surface area contributed by atoms with Gasteiger partial charge in [-0.2, -0.15) is 13.2 Å². The Morgan fingerprint density at radius 1 is 1.24 bits per heavy atom. The highest BCUT2D eigenvalue weighted by Gasteiger charge is 2.32. The Bertz CT molecular complexity index is 1230. The lowest BCUT2D eigenvalue weighted by atomic mass is 9.87. The Morgan fingerprint density at radius 3 is 2.66 bits per heavy atom. The fourth-order valence-corrected chi connectivity index (χ4v) is 6.01. The summed E-state index contributed by atoms with van der Waals surface area (Å²) in [4.78, 5) is 37.9. The number of alkyl halides is 3. The number of benzene rings is 1. The number of carbonyl (C=O) groups is 2. The van der Waals surface area contributed by atoms with Gasteiger partial charge in [-0.3, -0.25) is 14.6 Å². The van der Waals surface area contributed by atoms with Gasteiger partial charge in [0.1, 0.15) is 17.9 Å². The highest BCUT2D eigenvalue weighted by molar-refractivity contribution is 7.09. The number of hydrogen-bond donors (Lipinski definition) is 1. The van der Waals surface area contributed by atoms with Crippen LogP contribution in [0.3, 0.4) is 0 Å². The van der Waals surface area contributed by atoms with Gasteiger partial charge < -0.3 is 15.5 Å². The molecule has 1 aromatic heterocycles. The smallest absolute Gasteiger partial charge is 0.395 e. The van der Waals surface area contributed by atoms with E-state index in [0.29, 0.717) is 31.6 Å². The SMILES string of the molecule is CC(C=C(N)C(F)(F)F)=NCC(=O)N1CCC(c2nc(C(=O)N(C)[C@@H]3CCCc4ccccc43)cs2)CC1. The zero-order chi connectivity index (χ0) is 27.4. The van der Waals surface area contributed by atoms with Gasteiger partial charge in [-0.1, -0.05) is 24.3 Å². The number of rotatable bonds is 6. The van der Waals surface area contributed by atoms with Crippen LogP contribution < -0.4 is 5.73 Å². The summed E-state index contributed by atoms with van der Waals surface area (Å²) in [5, 5.41) is 2.71. The van der Waals surface area contributed by atoms with Crippen molar-refractivity contribution in [3.05, 3.63) is 63.2 Å². The van der Waals surface area contributed by atoms with Gasteiger partial charge >= 0.3 is 6.18 Å². The molecule has 0 spiro atoms. The lowest BCUT2D eigenvalue weighted by Crippen LogP contribution is -2.39. The standard InChI is InChI=1S/C27H32F3N5O2S/c1-17(14-23(31)27(28,29)30)32-15-24(36)35-12-10-19(11-13-35)25-33-21(16-38-25)26(37)34(2)22-9-5-7-18-6-3-4-8-20(18)22/h3-4,6,8,14,16,19,22H,5,7,9-13,15,31H2,1-2H3/t22-/m1/s1. The van der Waals surface area contributed by atoms with E-state index in [1.807, 2.05) is 24.6 Å². The summed E-state index contributed by atoms with van der Waals surface area (Å²) in [6.07, 6.45) is 0.503. The number of likely N-dealkylation sites (tertiary alicyclic amines) is 1. The van der Waals surface area contributed by atoms with E-state index < -0.39 is 11.9 Å². The van der Waals surface area contributed by atoms with Crippen molar-refractivity contribution in [2.75, 3.05) is 26.7 Å². The van der Waals surface area contributed by atoms with E-state index in [-0.39, 0.29) is 36.0 Å². The quantitative estimate of drug-likeness (QED) is 0.523. The fraction of sp³-hybridized carbons (Fsp3) is 0.481. The number of thiazole rings is 1. The monoisotopic (exact) mass is 547 g/mol. The second-order valence-electron chi connectivity index (χ2n) is 9.80. The molecular weight excluding hydrogens is 515 g/mol. The number of aryl methyl sites for hydroxylation is 1. The Balaban J connectivity index is 1.31. The normalized spacial score (nSPS) is 19.3. The molecule has 0 radical (unpaired) electrons. The third-order valence-corrected chi connectivity index (χ3v) is 8.23. The van der Waals surface area contributed by atoms with Gasteiger partial charge in [-0.15, -0.1) is 11.3 Å². The molecule has 2 amide bonds. The predicted octanol–water partition coefficient (Wildman–Crippen LogP) is 4.86. The van der Waals surface area contributed by atoms with E-state index in [1.54, 1.807) is 9.80 Å². The van der Waals surface area contributed by atoms with Crippen LogP contribution in [0.2, 0.25) is 0 Å². The lowest BCUT2D eigenvalue weighted by Gasteiger charge is -2.33. The van der Waals surface area contributed by atoms with Crippen molar-refractivity contribution in [1.82, 2.24) is 14.8 Å². The Labute approximate surface area is 224 Å². The predicted molar refractivity (Wildman–Crippen MR) is 141 cm³/mol. The minimum absolute atomic E-state index is 0.0403. The van der Waals surface area contributed by atoms with Gasteiger partial charge in [0, 0.05) is 37.1 Å². The zero-order valence-electron chi connectivity index (χ0n) is 21.5. The molecule has 2 N–H and O–H groups in total. The van der Waals surface area contributed by atoms with E-state index in [9.17, 15) is 22.8 Å². The molecule has 7 nitrogen and oxygen atoms in total. The second-order valence-corrected chi connectivity index (χ2v) is 10.7. The van der Waals surface area contributed by atoms with Crippen LogP contribution in [-0.2, 0) is 11.2 Å². The van der Waals surface area contributed by atoms with Crippen molar-refractivity contribution in [2.45, 2.75) is 57.2 Å². The molecule has 2 heterocycles. The first kappa shape index (κ1) is 27.8. The first-order valence-electron chi connectivity index (χ1n) is 12.7. The third kappa shape index (κ3) is 6.43. The summed E-state index contributed by atoms with van der Waals surface area (Å²) in [5.74, 6) is -0.188. The van der Waals surface area contributed by atoms with Crippen LogP contribution >= 0.6 is 11.3 Å². The van der Waals surface area contributed by atoms with E-state index in [2.05, 4.69) is 22.1 Å². The number of aromatic nitrogens is 1. The molecule has 1 aliphatic heterocycles. The maximum Gasteiger partial charge on any atom is 0.430 e. The molecule has 1 aliphatic carbocycles. The molecule has 0 bridgehead atoms. The summed E-state index contributed by atoms with van der Waals surface area (Å²) >= 11 is 1.47. The Hall–Kier alpha value is -3.21. The van der Waals surface area contributed by atoms with Gasteiger partial charge in [0.2, 0.25) is 5.91 Å². The average molecular weight is 548 g/mol. The van der Waals surface area contributed by atoms with Crippen LogP contribution in [-0.4, -0.2) is 65.2 Å². The van der Waals surface area contributed by atoms with Gasteiger partial charge in [0.15, 0.2) is 0 Å². The minimum Gasteiger partial charge on any atom is -0.395 e. The number of hydrogen-bond acceptors (Lipinski definition) is 6. The van der Waals surface area contributed by atoms with Crippen molar-refractivity contribution in [3.63, 3.8) is 0 Å². The topological polar surface area (TPSA) is 91.9 Å². The number of piperidine rings is 1. The molecule has 0 unspecified atom stereocenters. The van der Waals surface area contributed by atoms with Gasteiger partial charge in [0.05, 0.1) is 11.0 Å². The molecule has 4 rings (SSSR count). The average Bonchev–Trinajstić information content (AvgIpc) is 3.40. The highest BCUT2D eigenvalue weighted by Crippen LogP contribution is 2.35. The minimum atomic E-state index is -4.63. The van der Waals surface area contributed by atoms with E-state index in [1.165, 1.54) is 29.4 Å². The second kappa shape index (κ2) is 11.7. The first-order chi connectivity index (χ1) is 18.0. The van der Waals surface area contributed by atoms with E-state index >= 15 is 0 Å². The largest absolute Gasteiger partial charge is 0.430 e. The molecule has 1 saturated heterocycles. The van der Waals surface area contributed by atoms with Crippen LogP contribution in [0.1, 0.15) is 71.2 Å². The first-order valence-corrected chi connectivity index (χ1v) is 13.6. The summed E-state index contributed by atoms with van der Waals surface area (Å²) in [6, 6.07) is 8.33.